The van der Waals surface area contributed by atoms with Gasteiger partial charge in [0, 0.05) is 6.07 Å². The Morgan fingerprint density at radius 2 is 1.62 bits per heavy atom. The molecule has 1 aliphatic rings. The van der Waals surface area contributed by atoms with Gasteiger partial charge in [-0.15, -0.1) is 0 Å². The smallest absolute Gasteiger partial charge is 0.258 e. The molecule has 5 aromatic rings. The Labute approximate surface area is 190 Å². The second-order valence-corrected chi connectivity index (χ2v) is 8.99. The lowest BCUT2D eigenvalue weighted by Crippen LogP contribution is -2.03. The molecule has 156 valence electrons. The maximum atomic E-state index is 11.4. The van der Waals surface area contributed by atoms with Crippen LogP contribution in [-0.2, 0) is 6.42 Å². The molecule has 4 heteroatoms. The van der Waals surface area contributed by atoms with Gasteiger partial charge in [-0.05, 0) is 75.7 Å². The zero-order valence-corrected chi connectivity index (χ0v) is 18.2. The molecule has 0 bridgehead atoms. The standard InChI is InChI=1S/C28H21NO2S/c30-28-17-27(32-29-28)19-11-13-20(14-12-19)31-26-16-15-24-23(9-4-10-25(24)26)22-8-3-6-18-5-1-2-7-21(18)22/h1-14,17,26H,15-16H2,(H,29,30)/t26-/m1/s1. The maximum absolute atomic E-state index is 11.4. The van der Waals surface area contributed by atoms with Gasteiger partial charge in [0.25, 0.3) is 5.56 Å². The first-order chi connectivity index (χ1) is 15.8. The molecule has 1 aliphatic carbocycles. The summed E-state index contributed by atoms with van der Waals surface area (Å²) in [5.41, 5.74) is 6.23. The van der Waals surface area contributed by atoms with E-state index in [2.05, 4.69) is 65.0 Å². The average Bonchev–Trinajstić information content (AvgIpc) is 3.46. The van der Waals surface area contributed by atoms with Crippen LogP contribution in [0.2, 0.25) is 0 Å². The number of fused-ring (bicyclic) bond motifs is 2. The summed E-state index contributed by atoms with van der Waals surface area (Å²) in [7, 11) is 0. The molecule has 0 saturated carbocycles. The quantitative estimate of drug-likeness (QED) is 0.330. The molecule has 4 aromatic carbocycles. The second-order valence-electron chi connectivity index (χ2n) is 8.15. The van der Waals surface area contributed by atoms with E-state index in [9.17, 15) is 4.79 Å². The normalized spacial score (nSPS) is 15.1. The van der Waals surface area contributed by atoms with E-state index < -0.39 is 0 Å². The number of aromatic nitrogens is 1. The monoisotopic (exact) mass is 435 g/mol. The molecule has 0 aliphatic heterocycles. The predicted octanol–water partition coefficient (Wildman–Crippen LogP) is 6.99. The second kappa shape index (κ2) is 7.81. The molecule has 1 N–H and O–H groups in total. The Balaban J connectivity index is 1.31. The lowest BCUT2D eigenvalue weighted by molar-refractivity contribution is 0.207. The topological polar surface area (TPSA) is 42.1 Å². The van der Waals surface area contributed by atoms with Gasteiger partial charge < -0.3 is 4.74 Å². The van der Waals surface area contributed by atoms with E-state index >= 15 is 0 Å². The molecular weight excluding hydrogens is 414 g/mol. The van der Waals surface area contributed by atoms with Crippen LogP contribution >= 0.6 is 11.5 Å². The van der Waals surface area contributed by atoms with Gasteiger partial charge in [0.2, 0.25) is 0 Å². The van der Waals surface area contributed by atoms with Crippen LogP contribution in [0.15, 0.2) is 95.8 Å². The number of hydrogen-bond donors (Lipinski definition) is 1. The number of H-pyrrole nitrogens is 1. The third-order valence-corrected chi connectivity index (χ3v) is 7.11. The van der Waals surface area contributed by atoms with Crippen molar-refractivity contribution in [3.8, 4) is 27.3 Å². The van der Waals surface area contributed by atoms with Gasteiger partial charge in [-0.2, -0.15) is 0 Å². The fourth-order valence-corrected chi connectivity index (χ4v) is 5.43. The van der Waals surface area contributed by atoms with E-state index in [1.54, 1.807) is 6.07 Å². The molecule has 3 nitrogen and oxygen atoms in total. The molecule has 1 heterocycles. The van der Waals surface area contributed by atoms with Crippen LogP contribution in [0, 0.1) is 0 Å². The molecule has 1 aromatic heterocycles. The molecular formula is C28H21NO2S. The molecule has 6 rings (SSSR count). The fourth-order valence-electron chi connectivity index (χ4n) is 4.74. The van der Waals surface area contributed by atoms with Crippen LogP contribution in [0.5, 0.6) is 5.75 Å². The first-order valence-electron chi connectivity index (χ1n) is 10.8. The van der Waals surface area contributed by atoms with E-state index in [1.165, 1.54) is 44.6 Å². The zero-order valence-electron chi connectivity index (χ0n) is 17.4. The molecule has 32 heavy (non-hydrogen) atoms. The van der Waals surface area contributed by atoms with Crippen molar-refractivity contribution in [3.63, 3.8) is 0 Å². The Morgan fingerprint density at radius 3 is 2.47 bits per heavy atom. The number of rotatable bonds is 4. The summed E-state index contributed by atoms with van der Waals surface area (Å²) in [4.78, 5) is 12.3. The summed E-state index contributed by atoms with van der Waals surface area (Å²) in [6, 6.07) is 31.3. The lowest BCUT2D eigenvalue weighted by Gasteiger charge is -2.16. The highest BCUT2D eigenvalue weighted by Gasteiger charge is 2.27. The van der Waals surface area contributed by atoms with Gasteiger partial charge in [0.1, 0.15) is 11.9 Å². The van der Waals surface area contributed by atoms with Crippen molar-refractivity contribution >= 4 is 22.3 Å². The minimum absolute atomic E-state index is 0.0501. The number of benzene rings is 4. The summed E-state index contributed by atoms with van der Waals surface area (Å²) >= 11 is 1.35. The van der Waals surface area contributed by atoms with Crippen LogP contribution in [-0.4, -0.2) is 4.37 Å². The van der Waals surface area contributed by atoms with Crippen molar-refractivity contribution in [1.82, 2.24) is 4.37 Å². The molecule has 1 atom stereocenters. The molecule has 0 saturated heterocycles. The molecule has 0 amide bonds. The third kappa shape index (κ3) is 3.33. The molecule has 0 fully saturated rings. The minimum Gasteiger partial charge on any atom is -0.486 e. The van der Waals surface area contributed by atoms with Gasteiger partial charge in [0.15, 0.2) is 0 Å². The van der Waals surface area contributed by atoms with E-state index in [0.717, 1.165) is 29.0 Å². The molecule has 0 radical (unpaired) electrons. The highest BCUT2D eigenvalue weighted by Crippen LogP contribution is 2.41. The van der Waals surface area contributed by atoms with Gasteiger partial charge in [-0.25, -0.2) is 0 Å². The number of ether oxygens (including phenoxy) is 1. The van der Waals surface area contributed by atoms with Gasteiger partial charge in [-0.1, -0.05) is 72.2 Å². The summed E-state index contributed by atoms with van der Waals surface area (Å²) in [5, 5.41) is 2.55. The molecule has 0 spiro atoms. The van der Waals surface area contributed by atoms with Gasteiger partial charge in [0.05, 0.1) is 4.88 Å². The highest BCUT2D eigenvalue weighted by atomic mass is 32.1. The van der Waals surface area contributed by atoms with Crippen LogP contribution < -0.4 is 10.3 Å². The van der Waals surface area contributed by atoms with Crippen molar-refractivity contribution in [1.29, 1.82) is 0 Å². The predicted molar refractivity (Wildman–Crippen MR) is 131 cm³/mol. The van der Waals surface area contributed by atoms with E-state index in [0.29, 0.717) is 0 Å². The summed E-state index contributed by atoms with van der Waals surface area (Å²) < 4.78 is 9.15. The SMILES string of the molecule is O=c1cc(-c2ccc(O[C@@H]3CCc4c(-c5cccc6ccccc56)cccc43)cc2)s[nH]1. The van der Waals surface area contributed by atoms with E-state index in [-0.39, 0.29) is 11.7 Å². The van der Waals surface area contributed by atoms with Crippen molar-refractivity contribution in [2.75, 3.05) is 0 Å². The van der Waals surface area contributed by atoms with Crippen LogP contribution in [0.25, 0.3) is 32.3 Å². The molecule has 0 unspecified atom stereocenters. The highest BCUT2D eigenvalue weighted by molar-refractivity contribution is 7.09. The first kappa shape index (κ1) is 19.1. The minimum atomic E-state index is -0.0603. The van der Waals surface area contributed by atoms with Crippen molar-refractivity contribution in [2.24, 2.45) is 0 Å². The average molecular weight is 436 g/mol. The Bertz CT molecular complexity index is 1470. The Hall–Kier alpha value is -3.63. The lowest BCUT2D eigenvalue weighted by atomic mass is 9.93. The van der Waals surface area contributed by atoms with Crippen molar-refractivity contribution < 1.29 is 4.74 Å². The Morgan fingerprint density at radius 1 is 0.844 bits per heavy atom. The van der Waals surface area contributed by atoms with Crippen molar-refractivity contribution in [2.45, 2.75) is 18.9 Å². The van der Waals surface area contributed by atoms with Crippen LogP contribution in [0.4, 0.5) is 0 Å². The Kier molecular flexibility index (Phi) is 4.66. The van der Waals surface area contributed by atoms with Crippen LogP contribution in [0.3, 0.4) is 0 Å². The van der Waals surface area contributed by atoms with Crippen molar-refractivity contribution in [3.05, 3.63) is 112 Å². The summed E-state index contributed by atoms with van der Waals surface area (Å²) in [5.74, 6) is 0.852. The fraction of sp³-hybridized carbons (Fsp3) is 0.107. The van der Waals surface area contributed by atoms with E-state index in [4.69, 9.17) is 4.74 Å². The summed E-state index contributed by atoms with van der Waals surface area (Å²) in [6.45, 7) is 0. The van der Waals surface area contributed by atoms with Crippen LogP contribution in [0.1, 0.15) is 23.7 Å². The van der Waals surface area contributed by atoms with E-state index in [1.807, 2.05) is 24.3 Å². The number of nitrogens with one attached hydrogen (secondary N) is 1. The first-order valence-corrected chi connectivity index (χ1v) is 11.6. The number of hydrogen-bond acceptors (Lipinski definition) is 3. The largest absolute Gasteiger partial charge is 0.486 e. The maximum Gasteiger partial charge on any atom is 0.258 e. The number of aromatic amines is 1. The third-order valence-electron chi connectivity index (χ3n) is 6.24. The van der Waals surface area contributed by atoms with Gasteiger partial charge in [-0.3, -0.25) is 9.17 Å². The zero-order chi connectivity index (χ0) is 21.5. The summed E-state index contributed by atoms with van der Waals surface area (Å²) in [6.07, 6.45) is 2.03. The van der Waals surface area contributed by atoms with Gasteiger partial charge >= 0.3 is 0 Å².